The SMILES string of the molecule is Cc1nn(Cc2ccc(Cl)cc2Cl)c(C)c1NS(=O)(=O)c1ccc(Br)cc1. The lowest BCUT2D eigenvalue weighted by Gasteiger charge is -2.10. The first-order valence-electron chi connectivity index (χ1n) is 7.93. The van der Waals surface area contributed by atoms with Gasteiger partial charge in [0.2, 0.25) is 0 Å². The van der Waals surface area contributed by atoms with Gasteiger partial charge in [0.25, 0.3) is 10.0 Å². The van der Waals surface area contributed by atoms with Crippen molar-refractivity contribution >= 4 is 54.8 Å². The van der Waals surface area contributed by atoms with Gasteiger partial charge in [0.05, 0.1) is 28.5 Å². The number of anilines is 1. The molecule has 0 saturated heterocycles. The maximum Gasteiger partial charge on any atom is 0.262 e. The van der Waals surface area contributed by atoms with Crippen molar-refractivity contribution in [2.24, 2.45) is 0 Å². The molecule has 0 aliphatic rings. The van der Waals surface area contributed by atoms with Crippen molar-refractivity contribution in [3.63, 3.8) is 0 Å². The number of aromatic nitrogens is 2. The predicted octanol–water partition coefficient (Wildman–Crippen LogP) is 5.42. The Bertz CT molecular complexity index is 1100. The Hall–Kier alpha value is -1.54. The van der Waals surface area contributed by atoms with Crippen LogP contribution in [-0.4, -0.2) is 18.2 Å². The van der Waals surface area contributed by atoms with Crippen LogP contribution in [0, 0.1) is 13.8 Å². The summed E-state index contributed by atoms with van der Waals surface area (Å²) in [6.45, 7) is 3.97. The molecule has 1 N–H and O–H groups in total. The minimum Gasteiger partial charge on any atom is -0.276 e. The van der Waals surface area contributed by atoms with Gasteiger partial charge in [-0.3, -0.25) is 9.40 Å². The number of nitrogens with zero attached hydrogens (tertiary/aromatic N) is 2. The van der Waals surface area contributed by atoms with Crippen LogP contribution in [0.5, 0.6) is 0 Å². The second-order valence-electron chi connectivity index (χ2n) is 6.00. The zero-order valence-corrected chi connectivity index (χ0v) is 18.4. The molecule has 5 nitrogen and oxygen atoms in total. The molecule has 9 heteroatoms. The number of benzene rings is 2. The quantitative estimate of drug-likeness (QED) is 0.521. The van der Waals surface area contributed by atoms with E-state index in [0.29, 0.717) is 33.7 Å². The fraction of sp³-hybridized carbons (Fsp3) is 0.167. The standard InChI is InChI=1S/C18H16BrCl2N3O2S/c1-11-18(23-27(25,26)16-7-4-14(19)5-8-16)12(2)24(22-11)10-13-3-6-15(20)9-17(13)21/h3-9,23H,10H2,1-2H3. The molecular formula is C18H16BrCl2N3O2S. The molecule has 1 heterocycles. The van der Waals surface area contributed by atoms with E-state index < -0.39 is 10.0 Å². The third-order valence-corrected chi connectivity index (χ3v) is 6.56. The molecule has 0 spiro atoms. The number of hydrogen-bond acceptors (Lipinski definition) is 3. The zero-order valence-electron chi connectivity index (χ0n) is 14.5. The highest BCUT2D eigenvalue weighted by atomic mass is 79.9. The first-order valence-corrected chi connectivity index (χ1v) is 11.0. The summed E-state index contributed by atoms with van der Waals surface area (Å²) in [6.07, 6.45) is 0. The third kappa shape index (κ3) is 4.48. The molecule has 0 atom stereocenters. The van der Waals surface area contributed by atoms with Crippen molar-refractivity contribution in [3.05, 3.63) is 73.9 Å². The minimum absolute atomic E-state index is 0.179. The van der Waals surface area contributed by atoms with Crippen molar-refractivity contribution in [2.75, 3.05) is 4.72 Å². The number of sulfonamides is 1. The van der Waals surface area contributed by atoms with E-state index in [-0.39, 0.29) is 4.90 Å². The lowest BCUT2D eigenvalue weighted by molar-refractivity contribution is 0.601. The zero-order chi connectivity index (χ0) is 19.8. The Kier molecular flexibility index (Phi) is 5.86. The number of rotatable bonds is 5. The van der Waals surface area contributed by atoms with Crippen LogP contribution in [0.15, 0.2) is 51.8 Å². The van der Waals surface area contributed by atoms with Crippen LogP contribution in [0.25, 0.3) is 0 Å². The Morgan fingerprint density at radius 1 is 1.11 bits per heavy atom. The largest absolute Gasteiger partial charge is 0.276 e. The van der Waals surface area contributed by atoms with Crippen LogP contribution in [0.4, 0.5) is 5.69 Å². The fourth-order valence-corrected chi connectivity index (χ4v) is 4.53. The Morgan fingerprint density at radius 2 is 1.78 bits per heavy atom. The van der Waals surface area contributed by atoms with Gasteiger partial charge in [0.15, 0.2) is 0 Å². The molecular weight excluding hydrogens is 473 g/mol. The van der Waals surface area contributed by atoms with Crippen molar-refractivity contribution in [1.82, 2.24) is 9.78 Å². The summed E-state index contributed by atoms with van der Waals surface area (Å²) in [5.41, 5.74) is 2.58. The van der Waals surface area contributed by atoms with Gasteiger partial charge in [0, 0.05) is 14.5 Å². The highest BCUT2D eigenvalue weighted by molar-refractivity contribution is 9.10. The summed E-state index contributed by atoms with van der Waals surface area (Å²) in [7, 11) is -3.72. The van der Waals surface area contributed by atoms with Crippen molar-refractivity contribution < 1.29 is 8.42 Å². The molecule has 3 rings (SSSR count). The van der Waals surface area contributed by atoms with Crippen molar-refractivity contribution in [1.29, 1.82) is 0 Å². The molecule has 1 aromatic heterocycles. The lowest BCUT2D eigenvalue weighted by atomic mass is 10.2. The third-order valence-electron chi connectivity index (χ3n) is 4.08. The molecule has 27 heavy (non-hydrogen) atoms. The summed E-state index contributed by atoms with van der Waals surface area (Å²) >= 11 is 15.5. The topological polar surface area (TPSA) is 64.0 Å². The Balaban J connectivity index is 1.90. The highest BCUT2D eigenvalue weighted by Gasteiger charge is 2.20. The van der Waals surface area contributed by atoms with E-state index in [1.165, 1.54) is 12.1 Å². The van der Waals surface area contributed by atoms with Gasteiger partial charge < -0.3 is 0 Å². The molecule has 0 aliphatic heterocycles. The molecule has 0 fully saturated rings. The molecule has 0 bridgehead atoms. The molecule has 0 unspecified atom stereocenters. The van der Waals surface area contributed by atoms with Crippen LogP contribution in [0.2, 0.25) is 10.0 Å². The Morgan fingerprint density at radius 3 is 2.41 bits per heavy atom. The molecule has 0 saturated carbocycles. The van der Waals surface area contributed by atoms with Crippen LogP contribution in [0.1, 0.15) is 17.0 Å². The van der Waals surface area contributed by atoms with Gasteiger partial charge in [-0.15, -0.1) is 0 Å². The van der Waals surface area contributed by atoms with Crippen molar-refractivity contribution in [3.8, 4) is 0 Å². The summed E-state index contributed by atoms with van der Waals surface area (Å²) in [5.74, 6) is 0. The molecule has 0 aliphatic carbocycles. The maximum atomic E-state index is 12.7. The van der Waals surface area contributed by atoms with Gasteiger partial charge in [-0.2, -0.15) is 5.10 Å². The molecule has 142 valence electrons. The maximum absolute atomic E-state index is 12.7. The molecule has 0 amide bonds. The molecule has 2 aromatic carbocycles. The van der Waals surface area contributed by atoms with E-state index in [1.54, 1.807) is 35.9 Å². The van der Waals surface area contributed by atoms with Gasteiger partial charge >= 0.3 is 0 Å². The van der Waals surface area contributed by atoms with E-state index in [0.717, 1.165) is 10.0 Å². The number of aryl methyl sites for hydroxylation is 1. The van der Waals surface area contributed by atoms with Gasteiger partial charge in [0.1, 0.15) is 0 Å². The molecule has 0 radical (unpaired) electrons. The van der Waals surface area contributed by atoms with Crippen LogP contribution in [0.3, 0.4) is 0 Å². The van der Waals surface area contributed by atoms with Gasteiger partial charge in [-0.05, 0) is 55.8 Å². The fourth-order valence-electron chi connectivity index (χ4n) is 2.62. The van der Waals surface area contributed by atoms with Gasteiger partial charge in [-0.1, -0.05) is 45.2 Å². The van der Waals surface area contributed by atoms with E-state index in [2.05, 4.69) is 25.8 Å². The van der Waals surface area contributed by atoms with Crippen LogP contribution in [-0.2, 0) is 16.6 Å². The van der Waals surface area contributed by atoms with E-state index in [9.17, 15) is 8.42 Å². The van der Waals surface area contributed by atoms with E-state index in [4.69, 9.17) is 23.2 Å². The Labute approximate surface area is 176 Å². The average molecular weight is 489 g/mol. The van der Waals surface area contributed by atoms with Crippen LogP contribution < -0.4 is 4.72 Å². The average Bonchev–Trinajstić information content (AvgIpc) is 2.85. The monoisotopic (exact) mass is 487 g/mol. The number of halogens is 3. The number of hydrogen-bond donors (Lipinski definition) is 1. The van der Waals surface area contributed by atoms with Crippen LogP contribution >= 0.6 is 39.1 Å². The molecule has 3 aromatic rings. The smallest absolute Gasteiger partial charge is 0.262 e. The second-order valence-corrected chi connectivity index (χ2v) is 9.44. The van der Waals surface area contributed by atoms with E-state index >= 15 is 0 Å². The normalized spacial score (nSPS) is 11.6. The lowest BCUT2D eigenvalue weighted by Crippen LogP contribution is -2.14. The first kappa shape index (κ1) is 20.2. The first-order chi connectivity index (χ1) is 12.7. The predicted molar refractivity (Wildman–Crippen MR) is 112 cm³/mol. The summed E-state index contributed by atoms with van der Waals surface area (Å²) < 4.78 is 30.5. The summed E-state index contributed by atoms with van der Waals surface area (Å²) in [5, 5.41) is 5.54. The minimum atomic E-state index is -3.72. The van der Waals surface area contributed by atoms with E-state index in [1.807, 2.05) is 13.0 Å². The number of nitrogens with one attached hydrogen (secondary N) is 1. The summed E-state index contributed by atoms with van der Waals surface area (Å²) in [4.78, 5) is 0.179. The second kappa shape index (κ2) is 7.83. The highest BCUT2D eigenvalue weighted by Crippen LogP contribution is 2.27. The van der Waals surface area contributed by atoms with Crippen molar-refractivity contribution in [2.45, 2.75) is 25.3 Å². The summed E-state index contributed by atoms with van der Waals surface area (Å²) in [6, 6.07) is 11.7. The van der Waals surface area contributed by atoms with Gasteiger partial charge in [-0.25, -0.2) is 8.42 Å².